The van der Waals surface area contributed by atoms with Crippen LogP contribution >= 0.6 is 11.6 Å². The van der Waals surface area contributed by atoms with Crippen molar-refractivity contribution in [3.05, 3.63) is 107 Å². The van der Waals surface area contributed by atoms with Gasteiger partial charge < -0.3 is 4.74 Å². The quantitative estimate of drug-likeness (QED) is 0.332. The molecule has 3 aromatic rings. The van der Waals surface area contributed by atoms with Crippen LogP contribution in [0, 0.1) is 0 Å². The third-order valence-corrected chi connectivity index (χ3v) is 4.48. The molecule has 0 aromatic heterocycles. The molecule has 0 amide bonds. The second kappa shape index (κ2) is 7.03. The number of para-hydroxylation sites is 1. The molecule has 0 saturated carbocycles. The summed E-state index contributed by atoms with van der Waals surface area (Å²) in [6, 6.07) is 24.9. The van der Waals surface area contributed by atoms with Crippen LogP contribution in [0.5, 0.6) is 5.75 Å². The zero-order valence-corrected chi connectivity index (χ0v) is 14.6. The Morgan fingerprint density at radius 3 is 2.31 bits per heavy atom. The molecule has 1 aliphatic heterocycles. The van der Waals surface area contributed by atoms with Crippen molar-refractivity contribution in [1.29, 1.82) is 0 Å². The van der Waals surface area contributed by atoms with Gasteiger partial charge in [0.15, 0.2) is 0 Å². The van der Waals surface area contributed by atoms with Gasteiger partial charge in [0, 0.05) is 10.6 Å². The van der Waals surface area contributed by atoms with E-state index in [0.29, 0.717) is 16.3 Å². The molecule has 26 heavy (non-hydrogen) atoms. The molecule has 0 spiro atoms. The van der Waals surface area contributed by atoms with Crippen molar-refractivity contribution >= 4 is 34.8 Å². The Balaban J connectivity index is 1.87. The van der Waals surface area contributed by atoms with Crippen LogP contribution in [-0.4, -0.2) is 5.97 Å². The van der Waals surface area contributed by atoms with Crippen LogP contribution in [0.3, 0.4) is 0 Å². The van der Waals surface area contributed by atoms with Crippen molar-refractivity contribution in [2.75, 3.05) is 0 Å². The van der Waals surface area contributed by atoms with Crippen molar-refractivity contribution in [3.8, 4) is 5.75 Å². The van der Waals surface area contributed by atoms with Crippen molar-refractivity contribution in [2.45, 2.75) is 0 Å². The van der Waals surface area contributed by atoms with E-state index >= 15 is 0 Å². The molecule has 0 N–H and O–H groups in total. The minimum absolute atomic E-state index is 0.328. The zero-order chi connectivity index (χ0) is 17.9. The van der Waals surface area contributed by atoms with Gasteiger partial charge in [0.05, 0.1) is 5.57 Å². The number of fused-ring (bicyclic) bond motifs is 1. The lowest BCUT2D eigenvalue weighted by molar-refractivity contribution is -0.126. The highest BCUT2D eigenvalue weighted by Crippen LogP contribution is 2.39. The Bertz CT molecular complexity index is 1020. The molecule has 126 valence electrons. The van der Waals surface area contributed by atoms with Crippen molar-refractivity contribution in [1.82, 2.24) is 0 Å². The van der Waals surface area contributed by atoms with Gasteiger partial charge in [-0.15, -0.1) is 0 Å². The Kier molecular flexibility index (Phi) is 4.42. The van der Waals surface area contributed by atoms with E-state index < -0.39 is 0 Å². The van der Waals surface area contributed by atoms with E-state index in [4.69, 9.17) is 16.3 Å². The van der Waals surface area contributed by atoms with Crippen LogP contribution in [-0.2, 0) is 4.79 Å². The van der Waals surface area contributed by atoms with Gasteiger partial charge >= 0.3 is 5.97 Å². The van der Waals surface area contributed by atoms with Gasteiger partial charge in [-0.3, -0.25) is 0 Å². The second-order valence-electron chi connectivity index (χ2n) is 5.93. The summed E-state index contributed by atoms with van der Waals surface area (Å²) in [6.45, 7) is 0. The maximum absolute atomic E-state index is 12.6. The van der Waals surface area contributed by atoms with Gasteiger partial charge in [-0.1, -0.05) is 84.4 Å². The summed E-state index contributed by atoms with van der Waals surface area (Å²) in [5, 5.41) is 0.692. The largest absolute Gasteiger partial charge is 0.422 e. The molecule has 3 aromatic carbocycles. The first kappa shape index (κ1) is 16.4. The number of hydrogen-bond donors (Lipinski definition) is 0. The smallest absolute Gasteiger partial charge is 0.344 e. The number of carbonyl (C=O) groups excluding carboxylic acids is 1. The number of ether oxygens (including phenoxy) is 1. The van der Waals surface area contributed by atoms with Crippen LogP contribution in [0.2, 0.25) is 5.02 Å². The molecule has 0 fully saturated rings. The van der Waals surface area contributed by atoms with Crippen LogP contribution in [0.4, 0.5) is 0 Å². The lowest BCUT2D eigenvalue weighted by Crippen LogP contribution is -2.03. The second-order valence-corrected chi connectivity index (χ2v) is 6.36. The van der Waals surface area contributed by atoms with Crippen molar-refractivity contribution < 1.29 is 9.53 Å². The number of allylic oxidation sites excluding steroid dienone is 2. The molecular formula is C23H15ClO2. The zero-order valence-electron chi connectivity index (χ0n) is 13.9. The van der Waals surface area contributed by atoms with E-state index in [1.807, 2.05) is 91.0 Å². The number of hydrogen-bond acceptors (Lipinski definition) is 2. The van der Waals surface area contributed by atoms with Crippen LogP contribution in [0.15, 0.2) is 84.9 Å². The van der Waals surface area contributed by atoms with Crippen molar-refractivity contribution in [3.63, 3.8) is 0 Å². The first-order chi connectivity index (χ1) is 12.7. The standard InChI is InChI=1S/C23H15ClO2/c24-18-13-10-16(11-14-18)12-15-19(17-6-2-1-3-7-17)22-20-8-4-5-9-21(20)26-23(22)25/h1-15H/b15-12+,22-19+. The fraction of sp³-hybridized carbons (Fsp3) is 0. The summed E-state index contributed by atoms with van der Waals surface area (Å²) in [5.41, 5.74) is 4.19. The summed E-state index contributed by atoms with van der Waals surface area (Å²) >= 11 is 5.95. The fourth-order valence-corrected chi connectivity index (χ4v) is 3.10. The summed E-state index contributed by atoms with van der Waals surface area (Å²) in [6.07, 6.45) is 3.93. The Labute approximate surface area is 157 Å². The Hall–Kier alpha value is -3.10. The van der Waals surface area contributed by atoms with Gasteiger partial charge in [0.1, 0.15) is 5.75 Å². The molecule has 2 nitrogen and oxygen atoms in total. The average Bonchev–Trinajstić information content (AvgIpc) is 3.00. The molecular weight excluding hydrogens is 344 g/mol. The summed E-state index contributed by atoms with van der Waals surface area (Å²) < 4.78 is 5.44. The van der Waals surface area contributed by atoms with E-state index in [0.717, 1.165) is 22.3 Å². The number of halogens is 1. The first-order valence-corrected chi connectivity index (χ1v) is 8.65. The summed E-state index contributed by atoms with van der Waals surface area (Å²) in [5.74, 6) is 0.270. The molecule has 3 heteroatoms. The first-order valence-electron chi connectivity index (χ1n) is 8.27. The fourth-order valence-electron chi connectivity index (χ4n) is 2.97. The molecule has 0 aliphatic carbocycles. The van der Waals surface area contributed by atoms with Crippen LogP contribution in [0.25, 0.3) is 17.2 Å². The van der Waals surface area contributed by atoms with Gasteiger partial charge in [0.2, 0.25) is 0 Å². The van der Waals surface area contributed by atoms with Gasteiger partial charge in [-0.05, 0) is 34.9 Å². The SMILES string of the molecule is O=C1Oc2ccccc2/C1=C(/C=C/c1ccc(Cl)cc1)c1ccccc1. The summed E-state index contributed by atoms with van der Waals surface area (Å²) in [7, 11) is 0. The van der Waals surface area contributed by atoms with E-state index in [2.05, 4.69) is 0 Å². The topological polar surface area (TPSA) is 26.3 Å². The number of esters is 1. The number of carbonyl (C=O) groups is 1. The molecule has 0 radical (unpaired) electrons. The molecule has 0 saturated heterocycles. The lowest BCUT2D eigenvalue weighted by Gasteiger charge is -2.07. The minimum atomic E-state index is -0.328. The van der Waals surface area contributed by atoms with E-state index in [1.165, 1.54) is 0 Å². The van der Waals surface area contributed by atoms with Gasteiger partial charge in [0.25, 0.3) is 0 Å². The Morgan fingerprint density at radius 2 is 1.54 bits per heavy atom. The van der Waals surface area contributed by atoms with E-state index in [1.54, 1.807) is 0 Å². The van der Waals surface area contributed by atoms with Gasteiger partial charge in [-0.25, -0.2) is 4.79 Å². The maximum atomic E-state index is 12.6. The average molecular weight is 359 g/mol. The van der Waals surface area contributed by atoms with Gasteiger partial charge in [-0.2, -0.15) is 0 Å². The van der Waals surface area contributed by atoms with Crippen molar-refractivity contribution in [2.24, 2.45) is 0 Å². The minimum Gasteiger partial charge on any atom is -0.422 e. The van der Waals surface area contributed by atoms with Crippen LogP contribution in [0.1, 0.15) is 16.7 Å². The third-order valence-electron chi connectivity index (χ3n) is 4.23. The Morgan fingerprint density at radius 1 is 0.846 bits per heavy atom. The molecule has 0 unspecified atom stereocenters. The molecule has 4 rings (SSSR count). The normalized spacial score (nSPS) is 15.0. The van der Waals surface area contributed by atoms with E-state index in [9.17, 15) is 4.79 Å². The maximum Gasteiger partial charge on any atom is 0.344 e. The van der Waals surface area contributed by atoms with Crippen LogP contribution < -0.4 is 4.74 Å². The molecule has 0 bridgehead atoms. The number of rotatable bonds is 3. The van der Waals surface area contributed by atoms with E-state index in [-0.39, 0.29) is 5.97 Å². The molecule has 1 aliphatic rings. The highest BCUT2D eigenvalue weighted by Gasteiger charge is 2.29. The lowest BCUT2D eigenvalue weighted by atomic mass is 9.94. The summed E-state index contributed by atoms with van der Waals surface area (Å²) in [4.78, 5) is 12.6. The molecule has 0 atom stereocenters. The predicted molar refractivity (Wildman–Crippen MR) is 106 cm³/mol. The monoisotopic (exact) mass is 358 g/mol. The third kappa shape index (κ3) is 3.19. The highest BCUT2D eigenvalue weighted by molar-refractivity contribution is 6.31. The predicted octanol–water partition coefficient (Wildman–Crippen LogP) is 5.88. The number of benzene rings is 3. The molecule has 1 heterocycles. The highest BCUT2D eigenvalue weighted by atomic mass is 35.5.